The van der Waals surface area contributed by atoms with Crippen molar-refractivity contribution in [1.29, 1.82) is 0 Å². The minimum absolute atomic E-state index is 0. The van der Waals surface area contributed by atoms with Crippen LogP contribution in [-0.2, 0) is 4.79 Å². The summed E-state index contributed by atoms with van der Waals surface area (Å²) in [6, 6.07) is 3.90. The Morgan fingerprint density at radius 3 is 2.73 bits per heavy atom. The standard InChI is InChI=1S/C15H25N5O.ClH/c1-3-5-13(16)15(21)20-10-7-12(8-11-20)19(2)14-6-4-9-17-18-14;/h4,6,9,12-13H,3,5,7-8,10-11,16H2,1-2H3;1H. The average Bonchev–Trinajstić information content (AvgIpc) is 2.54. The van der Waals surface area contributed by atoms with E-state index in [-0.39, 0.29) is 24.4 Å². The number of likely N-dealkylation sites (tertiary alicyclic amines) is 1. The first-order valence-corrected chi connectivity index (χ1v) is 7.68. The van der Waals surface area contributed by atoms with Crippen LogP contribution in [0.4, 0.5) is 5.82 Å². The van der Waals surface area contributed by atoms with Gasteiger partial charge in [0, 0.05) is 32.4 Å². The van der Waals surface area contributed by atoms with Gasteiger partial charge in [0.2, 0.25) is 5.91 Å². The van der Waals surface area contributed by atoms with Gasteiger partial charge < -0.3 is 15.5 Å². The Hall–Kier alpha value is -1.40. The van der Waals surface area contributed by atoms with Gasteiger partial charge >= 0.3 is 0 Å². The van der Waals surface area contributed by atoms with E-state index in [2.05, 4.69) is 22.0 Å². The van der Waals surface area contributed by atoms with Crippen LogP contribution < -0.4 is 10.6 Å². The number of anilines is 1. The molecule has 1 atom stereocenters. The molecule has 0 radical (unpaired) electrons. The fraction of sp³-hybridized carbons (Fsp3) is 0.667. The maximum Gasteiger partial charge on any atom is 0.239 e. The number of amides is 1. The Kier molecular flexibility index (Phi) is 7.55. The summed E-state index contributed by atoms with van der Waals surface area (Å²) in [7, 11) is 2.04. The summed E-state index contributed by atoms with van der Waals surface area (Å²) in [6.07, 6.45) is 5.26. The van der Waals surface area contributed by atoms with E-state index in [0.717, 1.165) is 44.6 Å². The van der Waals surface area contributed by atoms with Gasteiger partial charge in [-0.25, -0.2) is 0 Å². The number of halogens is 1. The summed E-state index contributed by atoms with van der Waals surface area (Å²) in [5, 5.41) is 8.05. The largest absolute Gasteiger partial charge is 0.355 e. The fourth-order valence-corrected chi connectivity index (χ4v) is 2.81. The minimum Gasteiger partial charge on any atom is -0.355 e. The molecule has 0 spiro atoms. The number of carbonyl (C=O) groups excluding carboxylic acids is 1. The van der Waals surface area contributed by atoms with Gasteiger partial charge in [-0.2, -0.15) is 5.10 Å². The first kappa shape index (κ1) is 18.6. The molecule has 1 aromatic heterocycles. The molecule has 0 aromatic carbocycles. The topological polar surface area (TPSA) is 75.4 Å². The number of rotatable bonds is 5. The molecule has 2 rings (SSSR count). The van der Waals surface area contributed by atoms with Crippen molar-refractivity contribution in [2.45, 2.75) is 44.7 Å². The van der Waals surface area contributed by atoms with Crippen molar-refractivity contribution in [3.05, 3.63) is 18.3 Å². The maximum atomic E-state index is 12.2. The smallest absolute Gasteiger partial charge is 0.239 e. The van der Waals surface area contributed by atoms with E-state index in [1.165, 1.54) is 0 Å². The van der Waals surface area contributed by atoms with Crippen LogP contribution in [0.5, 0.6) is 0 Å². The number of nitrogens with zero attached hydrogens (tertiary/aromatic N) is 4. The third kappa shape index (κ3) is 4.55. The van der Waals surface area contributed by atoms with Crippen LogP contribution >= 0.6 is 12.4 Å². The van der Waals surface area contributed by atoms with Gasteiger partial charge in [-0.3, -0.25) is 4.79 Å². The molecule has 1 aliphatic rings. The van der Waals surface area contributed by atoms with Crippen molar-refractivity contribution >= 4 is 24.1 Å². The van der Waals surface area contributed by atoms with Crippen LogP contribution in [-0.4, -0.2) is 53.2 Å². The highest BCUT2D eigenvalue weighted by Crippen LogP contribution is 2.20. The monoisotopic (exact) mass is 327 g/mol. The Bertz CT molecular complexity index is 451. The maximum absolute atomic E-state index is 12.2. The summed E-state index contributed by atoms with van der Waals surface area (Å²) in [5.41, 5.74) is 5.92. The third-order valence-electron chi connectivity index (χ3n) is 4.16. The molecule has 1 aliphatic heterocycles. The van der Waals surface area contributed by atoms with Crippen LogP contribution in [0.15, 0.2) is 18.3 Å². The van der Waals surface area contributed by atoms with Crippen molar-refractivity contribution in [2.24, 2.45) is 5.73 Å². The lowest BCUT2D eigenvalue weighted by Gasteiger charge is -2.37. The summed E-state index contributed by atoms with van der Waals surface area (Å²) >= 11 is 0. The number of nitrogens with two attached hydrogens (primary N) is 1. The van der Waals surface area contributed by atoms with E-state index in [0.29, 0.717) is 6.04 Å². The van der Waals surface area contributed by atoms with Crippen LogP contribution in [0.3, 0.4) is 0 Å². The van der Waals surface area contributed by atoms with E-state index >= 15 is 0 Å². The van der Waals surface area contributed by atoms with Crippen LogP contribution in [0, 0.1) is 0 Å². The van der Waals surface area contributed by atoms with Crippen LogP contribution in [0.25, 0.3) is 0 Å². The Morgan fingerprint density at radius 2 is 2.18 bits per heavy atom. The quantitative estimate of drug-likeness (QED) is 0.886. The lowest BCUT2D eigenvalue weighted by atomic mass is 10.0. The van der Waals surface area contributed by atoms with Gasteiger partial charge in [-0.1, -0.05) is 13.3 Å². The second kappa shape index (κ2) is 8.90. The molecule has 1 saturated heterocycles. The predicted octanol–water partition coefficient (Wildman–Crippen LogP) is 1.45. The van der Waals surface area contributed by atoms with E-state index in [1.54, 1.807) is 6.20 Å². The Labute approximate surface area is 138 Å². The van der Waals surface area contributed by atoms with Gasteiger partial charge in [-0.15, -0.1) is 17.5 Å². The van der Waals surface area contributed by atoms with E-state index in [9.17, 15) is 4.79 Å². The lowest BCUT2D eigenvalue weighted by molar-refractivity contribution is -0.133. The van der Waals surface area contributed by atoms with Gasteiger partial charge in [0.05, 0.1) is 6.04 Å². The Morgan fingerprint density at radius 1 is 1.50 bits per heavy atom. The zero-order valence-corrected chi connectivity index (χ0v) is 14.1. The molecular formula is C15H26ClN5O. The van der Waals surface area contributed by atoms with E-state index < -0.39 is 0 Å². The van der Waals surface area contributed by atoms with Crippen LogP contribution in [0.2, 0.25) is 0 Å². The molecule has 2 heterocycles. The van der Waals surface area contributed by atoms with E-state index in [4.69, 9.17) is 5.73 Å². The number of hydrogen-bond acceptors (Lipinski definition) is 5. The summed E-state index contributed by atoms with van der Waals surface area (Å²) in [5.74, 6) is 0.974. The third-order valence-corrected chi connectivity index (χ3v) is 4.16. The second-order valence-electron chi connectivity index (χ2n) is 5.64. The second-order valence-corrected chi connectivity index (χ2v) is 5.64. The number of hydrogen-bond donors (Lipinski definition) is 1. The van der Waals surface area contributed by atoms with Crippen molar-refractivity contribution < 1.29 is 4.79 Å². The van der Waals surface area contributed by atoms with Gasteiger partial charge in [0.15, 0.2) is 5.82 Å². The molecular weight excluding hydrogens is 302 g/mol. The van der Waals surface area contributed by atoms with Gasteiger partial charge in [-0.05, 0) is 31.4 Å². The number of carbonyl (C=O) groups is 1. The van der Waals surface area contributed by atoms with Gasteiger partial charge in [0.1, 0.15) is 0 Å². The first-order valence-electron chi connectivity index (χ1n) is 7.68. The highest BCUT2D eigenvalue weighted by Gasteiger charge is 2.28. The SMILES string of the molecule is CCCC(N)C(=O)N1CCC(N(C)c2cccnn2)CC1.Cl. The first-order chi connectivity index (χ1) is 10.1. The Balaban J connectivity index is 0.00000242. The highest BCUT2D eigenvalue weighted by atomic mass is 35.5. The lowest BCUT2D eigenvalue weighted by Crippen LogP contribution is -2.50. The molecule has 7 heteroatoms. The number of aromatic nitrogens is 2. The average molecular weight is 328 g/mol. The number of piperidine rings is 1. The molecule has 6 nitrogen and oxygen atoms in total. The fourth-order valence-electron chi connectivity index (χ4n) is 2.81. The molecule has 1 aromatic rings. The van der Waals surface area contributed by atoms with Crippen molar-refractivity contribution in [1.82, 2.24) is 15.1 Å². The van der Waals surface area contributed by atoms with Crippen molar-refractivity contribution in [3.63, 3.8) is 0 Å². The molecule has 0 saturated carbocycles. The zero-order chi connectivity index (χ0) is 15.2. The minimum atomic E-state index is -0.343. The van der Waals surface area contributed by atoms with Gasteiger partial charge in [0.25, 0.3) is 0 Å². The summed E-state index contributed by atoms with van der Waals surface area (Å²) in [4.78, 5) is 16.3. The molecule has 22 heavy (non-hydrogen) atoms. The summed E-state index contributed by atoms with van der Waals surface area (Å²) < 4.78 is 0. The molecule has 1 amide bonds. The van der Waals surface area contributed by atoms with Crippen molar-refractivity contribution in [3.8, 4) is 0 Å². The molecule has 0 aliphatic carbocycles. The molecule has 0 bridgehead atoms. The van der Waals surface area contributed by atoms with Crippen molar-refractivity contribution in [2.75, 3.05) is 25.0 Å². The molecule has 1 unspecified atom stereocenters. The normalized spacial score (nSPS) is 16.8. The molecule has 1 fully saturated rings. The predicted molar refractivity (Wildman–Crippen MR) is 90.2 cm³/mol. The van der Waals surface area contributed by atoms with Crippen LogP contribution in [0.1, 0.15) is 32.6 Å². The summed E-state index contributed by atoms with van der Waals surface area (Å²) in [6.45, 7) is 3.59. The van der Waals surface area contributed by atoms with E-state index in [1.807, 2.05) is 24.1 Å². The molecule has 124 valence electrons. The zero-order valence-electron chi connectivity index (χ0n) is 13.3. The molecule has 2 N–H and O–H groups in total. The highest BCUT2D eigenvalue weighted by molar-refractivity contribution is 5.85.